The molecule has 0 fully saturated rings. The maximum Gasteiger partial charge on any atom is 1.00 e. The maximum absolute atomic E-state index is 11.5. The third-order valence-corrected chi connectivity index (χ3v) is 2.27. The fourth-order valence-electron chi connectivity index (χ4n) is 1.54. The van der Waals surface area contributed by atoms with Crippen LogP contribution in [0, 0.1) is 6.92 Å². The second-order valence-corrected chi connectivity index (χ2v) is 3.24. The Hall–Kier alpha value is -0.264. The van der Waals surface area contributed by atoms with E-state index in [0.717, 1.165) is 5.56 Å². The van der Waals surface area contributed by atoms with Crippen LogP contribution in [0.25, 0.3) is 0 Å². The third-order valence-electron chi connectivity index (χ3n) is 2.27. The van der Waals surface area contributed by atoms with Gasteiger partial charge in [-0.3, -0.25) is 9.59 Å². The molecule has 0 bridgehead atoms. The van der Waals surface area contributed by atoms with Crippen molar-refractivity contribution < 1.29 is 66.1 Å². The Balaban J connectivity index is 0.00000112. The number of Topliss-reactive ketones (excluding diaryl/α,β-unsaturated/α-hetero) is 2. The molecule has 70 valence electrons. The van der Waals surface area contributed by atoms with Crippen molar-refractivity contribution in [2.24, 2.45) is 0 Å². The molecule has 4 heteroatoms. The second kappa shape index (κ2) is 4.72. The zero-order valence-corrected chi connectivity index (χ0v) is 11.7. The van der Waals surface area contributed by atoms with Crippen LogP contribution in [0.2, 0.25) is 0 Å². The number of allylic oxidation sites excluding steroid dienone is 1. The molecule has 1 aliphatic carbocycles. The van der Waals surface area contributed by atoms with E-state index in [2.05, 4.69) is 0 Å². The van der Waals surface area contributed by atoms with Crippen LogP contribution in [0.15, 0.2) is 30.0 Å². The summed E-state index contributed by atoms with van der Waals surface area (Å²) in [7, 11) is 0. The molecule has 3 nitrogen and oxygen atoms in total. The molecule has 15 heavy (non-hydrogen) atoms. The number of carbonyl (C=O) groups is 2. The van der Waals surface area contributed by atoms with Crippen molar-refractivity contribution >= 4 is 11.6 Å². The zero-order valence-electron chi connectivity index (χ0n) is 8.53. The van der Waals surface area contributed by atoms with Gasteiger partial charge in [-0.1, -0.05) is 17.7 Å². The first kappa shape index (κ1) is 12.8. The molecule has 2 rings (SSSR count). The molecule has 0 heterocycles. The summed E-state index contributed by atoms with van der Waals surface area (Å²) in [6.45, 7) is 1.83. The van der Waals surface area contributed by atoms with E-state index in [1.165, 1.54) is 0 Å². The largest absolute Gasteiger partial charge is 1.00 e. The van der Waals surface area contributed by atoms with Crippen LogP contribution in [-0.4, -0.2) is 11.6 Å². The quantitative estimate of drug-likeness (QED) is 0.215. The second-order valence-electron chi connectivity index (χ2n) is 3.24. The Morgan fingerprint density at radius 3 is 2.33 bits per heavy atom. The van der Waals surface area contributed by atoms with E-state index >= 15 is 0 Å². The molecule has 1 aromatic rings. The van der Waals surface area contributed by atoms with Gasteiger partial charge in [0.15, 0.2) is 11.6 Å². The minimum atomic E-state index is -0.458. The first-order valence-electron chi connectivity index (χ1n) is 4.17. The predicted octanol–water partition coefficient (Wildman–Crippen LogP) is -2.38. The number of benzene rings is 1. The number of hydrogen-bond acceptors (Lipinski definition) is 3. The molecule has 0 spiro atoms. The number of aryl methyl sites for hydroxylation is 1. The standard InChI is InChI=1S/C11H8O3.K/c1-6-2-3-7-8(4-6)11(14)9(5-12)10(7)13;/h2-5,12H,1H3;/q;+1/p-1/b9-5+;. The maximum atomic E-state index is 11.5. The minimum absolute atomic E-state index is 0. The van der Waals surface area contributed by atoms with Gasteiger partial charge in [0.25, 0.3) is 0 Å². The number of rotatable bonds is 0. The molecule has 1 aromatic carbocycles. The summed E-state index contributed by atoms with van der Waals surface area (Å²) in [6.07, 6.45) is 0.333. The summed E-state index contributed by atoms with van der Waals surface area (Å²) in [5, 5.41) is 10.5. The molecule has 0 N–H and O–H groups in total. The fraction of sp³-hybridized carbons (Fsp3) is 0.0909. The van der Waals surface area contributed by atoms with E-state index in [9.17, 15) is 14.7 Å². The Labute approximate surface area is 130 Å². The third kappa shape index (κ3) is 2.00. The number of hydrogen-bond donors (Lipinski definition) is 0. The molecule has 0 amide bonds. The van der Waals surface area contributed by atoms with Crippen LogP contribution in [0.1, 0.15) is 26.3 Å². The van der Waals surface area contributed by atoms with Crippen molar-refractivity contribution in [3.8, 4) is 0 Å². The summed E-state index contributed by atoms with van der Waals surface area (Å²) in [5.41, 5.74) is 1.32. The first-order chi connectivity index (χ1) is 6.65. The van der Waals surface area contributed by atoms with Crippen molar-refractivity contribution in [2.45, 2.75) is 6.92 Å². The van der Waals surface area contributed by atoms with Crippen LogP contribution in [-0.2, 0) is 0 Å². The van der Waals surface area contributed by atoms with Crippen LogP contribution < -0.4 is 56.5 Å². The van der Waals surface area contributed by atoms with Crippen LogP contribution in [0.4, 0.5) is 0 Å². The van der Waals surface area contributed by atoms with Crippen LogP contribution >= 0.6 is 0 Å². The first-order valence-corrected chi connectivity index (χ1v) is 4.17. The average Bonchev–Trinajstić information content (AvgIpc) is 2.39. The summed E-state index contributed by atoms with van der Waals surface area (Å²) >= 11 is 0. The van der Waals surface area contributed by atoms with Gasteiger partial charge in [-0.05, 0) is 13.0 Å². The smallest absolute Gasteiger partial charge is 0.877 e. The molecular weight excluding hydrogens is 219 g/mol. The molecular formula is C11H7KO3. The summed E-state index contributed by atoms with van der Waals surface area (Å²) in [4.78, 5) is 23.0. The fourth-order valence-corrected chi connectivity index (χ4v) is 1.54. The molecule has 0 aliphatic heterocycles. The van der Waals surface area contributed by atoms with Gasteiger partial charge in [-0.2, -0.15) is 0 Å². The van der Waals surface area contributed by atoms with Gasteiger partial charge in [-0.15, -0.1) is 6.26 Å². The summed E-state index contributed by atoms with van der Waals surface area (Å²) < 4.78 is 0. The Bertz CT molecular complexity index is 475. The van der Waals surface area contributed by atoms with Gasteiger partial charge in [0.2, 0.25) is 0 Å². The topological polar surface area (TPSA) is 57.2 Å². The Morgan fingerprint density at radius 2 is 1.73 bits per heavy atom. The molecule has 0 saturated heterocycles. The number of carbonyl (C=O) groups excluding carboxylic acids is 2. The summed E-state index contributed by atoms with van der Waals surface area (Å²) in [6, 6.07) is 4.96. The Kier molecular flexibility index (Phi) is 4.03. The number of ketones is 2. The molecule has 0 saturated carbocycles. The normalized spacial score (nSPS) is 16.5. The predicted molar refractivity (Wildman–Crippen MR) is 47.9 cm³/mol. The molecule has 0 aromatic heterocycles. The van der Waals surface area contributed by atoms with Crippen molar-refractivity contribution in [1.82, 2.24) is 0 Å². The molecule has 0 unspecified atom stereocenters. The van der Waals surface area contributed by atoms with E-state index in [1.54, 1.807) is 18.2 Å². The van der Waals surface area contributed by atoms with Gasteiger partial charge in [0.1, 0.15) is 0 Å². The monoisotopic (exact) mass is 226 g/mol. The van der Waals surface area contributed by atoms with Gasteiger partial charge in [-0.25, -0.2) is 0 Å². The van der Waals surface area contributed by atoms with Crippen molar-refractivity contribution in [3.63, 3.8) is 0 Å². The molecule has 0 radical (unpaired) electrons. The van der Waals surface area contributed by atoms with E-state index < -0.39 is 11.6 Å². The van der Waals surface area contributed by atoms with Crippen molar-refractivity contribution in [1.29, 1.82) is 0 Å². The van der Waals surface area contributed by atoms with E-state index in [0.29, 0.717) is 17.4 Å². The average molecular weight is 226 g/mol. The minimum Gasteiger partial charge on any atom is -0.877 e. The van der Waals surface area contributed by atoms with Gasteiger partial charge >= 0.3 is 51.4 Å². The summed E-state index contributed by atoms with van der Waals surface area (Å²) in [5.74, 6) is -0.913. The van der Waals surface area contributed by atoms with Gasteiger partial charge in [0, 0.05) is 11.1 Å². The van der Waals surface area contributed by atoms with Crippen LogP contribution in [0.5, 0.6) is 0 Å². The van der Waals surface area contributed by atoms with E-state index in [-0.39, 0.29) is 57.0 Å². The van der Waals surface area contributed by atoms with Crippen molar-refractivity contribution in [2.75, 3.05) is 0 Å². The van der Waals surface area contributed by atoms with Crippen molar-refractivity contribution in [3.05, 3.63) is 46.7 Å². The van der Waals surface area contributed by atoms with Crippen LogP contribution in [0.3, 0.4) is 0 Å². The van der Waals surface area contributed by atoms with E-state index in [4.69, 9.17) is 0 Å². The zero-order chi connectivity index (χ0) is 10.3. The van der Waals surface area contributed by atoms with Gasteiger partial charge in [0.05, 0.1) is 5.57 Å². The van der Waals surface area contributed by atoms with Gasteiger partial charge < -0.3 is 5.11 Å². The Morgan fingerprint density at radius 1 is 1.13 bits per heavy atom. The molecule has 1 aliphatic rings. The SMILES string of the molecule is Cc1ccc2c(c1)C(=O)/C(=C/[O-])C2=O.[K+]. The number of fused-ring (bicyclic) bond motifs is 1. The van der Waals surface area contributed by atoms with E-state index in [1.807, 2.05) is 6.92 Å². The molecule has 0 atom stereocenters.